The van der Waals surface area contributed by atoms with Crippen LogP contribution in [0, 0.1) is 0 Å². The van der Waals surface area contributed by atoms with Gasteiger partial charge in [-0.2, -0.15) is 18.3 Å². The Morgan fingerprint density at radius 3 is 2.62 bits per heavy atom. The highest BCUT2D eigenvalue weighted by Gasteiger charge is 2.30. The lowest BCUT2D eigenvalue weighted by molar-refractivity contribution is -0.137. The van der Waals surface area contributed by atoms with Crippen LogP contribution >= 0.6 is 0 Å². The third-order valence-corrected chi connectivity index (χ3v) is 5.38. The summed E-state index contributed by atoms with van der Waals surface area (Å²) in [6.45, 7) is 1.62. The molecule has 32 heavy (non-hydrogen) atoms. The van der Waals surface area contributed by atoms with Crippen molar-refractivity contribution < 1.29 is 18.0 Å². The van der Waals surface area contributed by atoms with Crippen LogP contribution in [0.2, 0.25) is 0 Å². The lowest BCUT2D eigenvalue weighted by Crippen LogP contribution is -2.39. The fourth-order valence-electron chi connectivity index (χ4n) is 3.64. The Hall–Kier alpha value is -3.39. The first-order chi connectivity index (χ1) is 15.4. The summed E-state index contributed by atoms with van der Waals surface area (Å²) in [5, 5.41) is 7.14. The summed E-state index contributed by atoms with van der Waals surface area (Å²) in [7, 11) is 0. The van der Waals surface area contributed by atoms with Gasteiger partial charge in [0.05, 0.1) is 24.0 Å². The lowest BCUT2D eigenvalue weighted by Gasteiger charge is -2.25. The molecule has 0 atom stereocenters. The molecule has 3 aromatic rings. The maximum absolute atomic E-state index is 12.8. The molecule has 4 rings (SSSR count). The van der Waals surface area contributed by atoms with Gasteiger partial charge in [-0.25, -0.2) is 4.68 Å². The zero-order valence-corrected chi connectivity index (χ0v) is 17.3. The van der Waals surface area contributed by atoms with Crippen molar-refractivity contribution in [3.63, 3.8) is 0 Å². The zero-order chi connectivity index (χ0) is 22.6. The number of carbonyl (C=O) groups excluding carboxylic acids is 1. The molecule has 0 saturated heterocycles. The summed E-state index contributed by atoms with van der Waals surface area (Å²) in [6.07, 6.45) is 2.33. The fraction of sp³-hybridized carbons (Fsp3) is 0.250. The standard InChI is InChI=1S/C24H23F3N4O/c25-24(26,27)21-6-4-5-18(13-21)14-28-23(32)17-30-11-9-19(10-12-30)20-15-29-31(16-20)22-7-2-1-3-8-22/h1-9,13,15-16H,10-12,14,17H2,(H,28,32). The van der Waals surface area contributed by atoms with E-state index in [2.05, 4.69) is 16.5 Å². The van der Waals surface area contributed by atoms with Crippen LogP contribution in [-0.2, 0) is 17.5 Å². The SMILES string of the molecule is O=C(CN1CC=C(c2cnn(-c3ccccc3)c2)CC1)NCc1cccc(C(F)(F)F)c1. The molecule has 1 N–H and O–H groups in total. The number of nitrogens with one attached hydrogen (secondary N) is 1. The second kappa shape index (κ2) is 9.40. The average Bonchev–Trinajstić information content (AvgIpc) is 3.29. The van der Waals surface area contributed by atoms with Crippen LogP contribution in [0.4, 0.5) is 13.2 Å². The molecule has 0 unspecified atom stereocenters. The third kappa shape index (κ3) is 5.45. The Labute approximate surface area is 184 Å². The quantitative estimate of drug-likeness (QED) is 0.622. The van der Waals surface area contributed by atoms with Gasteiger partial charge in [-0.05, 0) is 41.8 Å². The molecule has 1 aliphatic rings. The minimum Gasteiger partial charge on any atom is -0.351 e. The average molecular weight is 440 g/mol. The topological polar surface area (TPSA) is 50.2 Å². The Balaban J connectivity index is 1.28. The number of nitrogens with zero attached hydrogens (tertiary/aromatic N) is 3. The number of hydrogen-bond acceptors (Lipinski definition) is 3. The van der Waals surface area contributed by atoms with E-state index in [1.807, 2.05) is 52.3 Å². The highest BCUT2D eigenvalue weighted by atomic mass is 19.4. The number of rotatable bonds is 6. The number of para-hydroxylation sites is 1. The van der Waals surface area contributed by atoms with E-state index in [1.54, 1.807) is 6.07 Å². The summed E-state index contributed by atoms with van der Waals surface area (Å²) < 4.78 is 40.3. The predicted molar refractivity (Wildman–Crippen MR) is 116 cm³/mol. The van der Waals surface area contributed by atoms with Gasteiger partial charge in [0.2, 0.25) is 5.91 Å². The number of alkyl halides is 3. The van der Waals surface area contributed by atoms with Gasteiger partial charge in [0, 0.05) is 31.4 Å². The fourth-order valence-corrected chi connectivity index (χ4v) is 3.64. The molecule has 166 valence electrons. The van der Waals surface area contributed by atoms with Gasteiger partial charge in [0.15, 0.2) is 0 Å². The minimum absolute atomic E-state index is 0.0658. The van der Waals surface area contributed by atoms with E-state index in [9.17, 15) is 18.0 Å². The molecule has 0 fully saturated rings. The van der Waals surface area contributed by atoms with Gasteiger partial charge in [-0.15, -0.1) is 0 Å². The molecule has 0 radical (unpaired) electrons. The molecule has 0 saturated carbocycles. The van der Waals surface area contributed by atoms with Crippen molar-refractivity contribution in [1.82, 2.24) is 20.0 Å². The van der Waals surface area contributed by atoms with E-state index in [1.165, 1.54) is 11.6 Å². The molecule has 0 bridgehead atoms. The van der Waals surface area contributed by atoms with Crippen molar-refractivity contribution in [2.24, 2.45) is 0 Å². The molecule has 5 nitrogen and oxygen atoms in total. The van der Waals surface area contributed by atoms with Crippen molar-refractivity contribution in [3.8, 4) is 5.69 Å². The molecular formula is C24H23F3N4O. The molecule has 2 heterocycles. The van der Waals surface area contributed by atoms with Gasteiger partial charge in [-0.3, -0.25) is 9.69 Å². The summed E-state index contributed by atoms with van der Waals surface area (Å²) >= 11 is 0. The maximum Gasteiger partial charge on any atom is 0.416 e. The van der Waals surface area contributed by atoms with Gasteiger partial charge in [0.1, 0.15) is 0 Å². The van der Waals surface area contributed by atoms with E-state index in [4.69, 9.17) is 0 Å². The Morgan fingerprint density at radius 1 is 1.09 bits per heavy atom. The van der Waals surface area contributed by atoms with Crippen molar-refractivity contribution >= 4 is 11.5 Å². The molecule has 2 aromatic carbocycles. The summed E-state index contributed by atoms with van der Waals surface area (Å²) in [6, 6.07) is 14.9. The van der Waals surface area contributed by atoms with Gasteiger partial charge >= 0.3 is 6.18 Å². The number of benzene rings is 2. The molecule has 1 aliphatic heterocycles. The van der Waals surface area contributed by atoms with Crippen molar-refractivity contribution in [2.75, 3.05) is 19.6 Å². The van der Waals surface area contributed by atoms with Crippen molar-refractivity contribution in [2.45, 2.75) is 19.1 Å². The second-order valence-electron chi connectivity index (χ2n) is 7.70. The van der Waals surface area contributed by atoms with Gasteiger partial charge < -0.3 is 5.32 Å². The minimum atomic E-state index is -4.39. The predicted octanol–water partition coefficient (Wildman–Crippen LogP) is 4.30. The number of amides is 1. The first kappa shape index (κ1) is 21.8. The Kier molecular flexibility index (Phi) is 6.41. The number of carbonyl (C=O) groups is 1. The van der Waals surface area contributed by atoms with Crippen molar-refractivity contribution in [3.05, 3.63) is 89.8 Å². The molecule has 8 heteroatoms. The van der Waals surface area contributed by atoms with E-state index in [-0.39, 0.29) is 19.0 Å². The molecule has 0 aliphatic carbocycles. The Bertz CT molecular complexity index is 1110. The summed E-state index contributed by atoms with van der Waals surface area (Å²) in [5.41, 5.74) is 2.95. The zero-order valence-electron chi connectivity index (χ0n) is 17.3. The highest BCUT2D eigenvalue weighted by molar-refractivity contribution is 5.78. The monoisotopic (exact) mass is 440 g/mol. The normalized spacial score (nSPS) is 14.8. The van der Waals surface area contributed by atoms with E-state index < -0.39 is 11.7 Å². The second-order valence-corrected chi connectivity index (χ2v) is 7.70. The van der Waals surface area contributed by atoms with Crippen LogP contribution in [0.5, 0.6) is 0 Å². The Morgan fingerprint density at radius 2 is 1.91 bits per heavy atom. The lowest BCUT2D eigenvalue weighted by atomic mass is 10.0. The van der Waals surface area contributed by atoms with E-state index >= 15 is 0 Å². The summed E-state index contributed by atoms with van der Waals surface area (Å²) in [4.78, 5) is 14.3. The molecule has 1 aromatic heterocycles. The summed E-state index contributed by atoms with van der Waals surface area (Å²) in [5.74, 6) is -0.212. The maximum atomic E-state index is 12.8. The van der Waals surface area contributed by atoms with Crippen LogP contribution < -0.4 is 5.32 Å². The highest BCUT2D eigenvalue weighted by Crippen LogP contribution is 2.29. The molecular weight excluding hydrogens is 417 g/mol. The van der Waals surface area contributed by atoms with Crippen LogP contribution in [-0.4, -0.2) is 40.2 Å². The van der Waals surface area contributed by atoms with Crippen LogP contribution in [0.25, 0.3) is 11.3 Å². The van der Waals surface area contributed by atoms with Crippen LogP contribution in [0.1, 0.15) is 23.1 Å². The van der Waals surface area contributed by atoms with E-state index in [0.29, 0.717) is 12.1 Å². The number of halogens is 3. The molecule has 0 spiro atoms. The number of aromatic nitrogens is 2. The first-order valence-corrected chi connectivity index (χ1v) is 10.3. The first-order valence-electron chi connectivity index (χ1n) is 10.3. The van der Waals surface area contributed by atoms with Gasteiger partial charge in [-0.1, -0.05) is 36.4 Å². The number of hydrogen-bond donors (Lipinski definition) is 1. The van der Waals surface area contributed by atoms with E-state index in [0.717, 1.165) is 36.3 Å². The third-order valence-electron chi connectivity index (χ3n) is 5.38. The van der Waals surface area contributed by atoms with Crippen LogP contribution in [0.15, 0.2) is 73.1 Å². The largest absolute Gasteiger partial charge is 0.416 e. The van der Waals surface area contributed by atoms with Gasteiger partial charge in [0.25, 0.3) is 0 Å². The van der Waals surface area contributed by atoms with Crippen LogP contribution in [0.3, 0.4) is 0 Å². The molecule has 1 amide bonds. The van der Waals surface area contributed by atoms with Crippen molar-refractivity contribution in [1.29, 1.82) is 0 Å². The smallest absolute Gasteiger partial charge is 0.351 e.